The van der Waals surface area contributed by atoms with Crippen molar-refractivity contribution in [3.63, 3.8) is 0 Å². The van der Waals surface area contributed by atoms with Gasteiger partial charge in [-0.05, 0) is 70.6 Å². The fourth-order valence-corrected chi connectivity index (χ4v) is 9.34. The lowest BCUT2D eigenvalue weighted by Gasteiger charge is -2.20. The number of aliphatic hydroxyl groups excluding tert-OH is 2. The van der Waals surface area contributed by atoms with Gasteiger partial charge in [-0.15, -0.1) is 0 Å². The molecule has 0 spiro atoms. The molecule has 6 nitrogen and oxygen atoms in total. The highest BCUT2D eigenvalue weighted by Gasteiger charge is 2.18. The quantitative estimate of drug-likeness (QED) is 0.0321. The van der Waals surface area contributed by atoms with Crippen molar-refractivity contribution >= 4 is 11.9 Å². The minimum Gasteiger partial charge on any atom is -0.465 e. The Balaban J connectivity index is 3.50. The van der Waals surface area contributed by atoms with E-state index in [1.807, 2.05) is 6.08 Å². The number of hydrogen-bond donors (Lipinski definition) is 3. The number of carbonyl (C=O) groups is 2. The van der Waals surface area contributed by atoms with Gasteiger partial charge in [0.05, 0.1) is 25.4 Å². The van der Waals surface area contributed by atoms with Gasteiger partial charge in [-0.2, -0.15) is 0 Å². The minimum atomic E-state index is -0.850. The summed E-state index contributed by atoms with van der Waals surface area (Å²) in [4.78, 5) is 24.5. The standard InChI is InChI=1S/C64H119NO5/c1-3-5-7-9-11-13-15-16-17-18-19-21-24-27-30-33-37-40-44-48-52-56-62(67)61(60-66)65-63(68)57-53-49-45-41-38-34-31-28-25-22-20-23-26-29-32-35-39-43-47-51-55-59-70-64(69)58-54-50-46-42-36-14-12-10-8-6-4-2/h10,12,35,39,47,51-52,56,61-62,66-67H,3-9,11,13-34,36-38,40-46,48-50,53-55,57-60H2,1-2H3,(H,65,68)/b12-10-,39-35-,51-47-,56-52+. The first-order valence-electron chi connectivity index (χ1n) is 30.9. The van der Waals surface area contributed by atoms with Crippen LogP contribution in [0, 0.1) is 0 Å². The Morgan fingerprint density at radius 3 is 1.14 bits per heavy atom. The summed E-state index contributed by atoms with van der Waals surface area (Å²) in [5.41, 5.74) is 0. The molecule has 0 aliphatic carbocycles. The number of nitrogens with one attached hydrogen (secondary N) is 1. The minimum absolute atomic E-state index is 0.0472. The van der Waals surface area contributed by atoms with Crippen LogP contribution < -0.4 is 5.32 Å². The Bertz CT molecular complexity index is 1180. The van der Waals surface area contributed by atoms with Crippen molar-refractivity contribution in [1.82, 2.24) is 5.32 Å². The van der Waals surface area contributed by atoms with Crippen molar-refractivity contribution < 1.29 is 24.5 Å². The predicted octanol–water partition coefficient (Wildman–Crippen LogP) is 19.4. The van der Waals surface area contributed by atoms with Crippen LogP contribution in [0.2, 0.25) is 0 Å². The molecule has 2 unspecified atom stereocenters. The predicted molar refractivity (Wildman–Crippen MR) is 306 cm³/mol. The molecule has 410 valence electrons. The average molecular weight is 983 g/mol. The molecule has 0 rings (SSSR count). The number of amides is 1. The lowest BCUT2D eigenvalue weighted by Crippen LogP contribution is -2.45. The topological polar surface area (TPSA) is 95.9 Å². The Labute approximate surface area is 436 Å². The largest absolute Gasteiger partial charge is 0.465 e. The third kappa shape index (κ3) is 55.1. The molecule has 0 radical (unpaired) electrons. The first-order valence-corrected chi connectivity index (χ1v) is 30.9. The number of carbonyl (C=O) groups excluding carboxylic acids is 2. The van der Waals surface area contributed by atoms with Crippen LogP contribution in [0.1, 0.15) is 322 Å². The number of rotatable bonds is 57. The molecule has 0 bridgehead atoms. The maximum absolute atomic E-state index is 12.5. The molecule has 0 aliphatic rings. The van der Waals surface area contributed by atoms with Crippen LogP contribution in [0.4, 0.5) is 0 Å². The number of unbranched alkanes of at least 4 members (excludes halogenated alkanes) is 40. The number of hydrogen-bond acceptors (Lipinski definition) is 5. The molecule has 0 aromatic rings. The molecule has 0 aliphatic heterocycles. The van der Waals surface area contributed by atoms with Gasteiger partial charge in [0.15, 0.2) is 0 Å². The van der Waals surface area contributed by atoms with Gasteiger partial charge >= 0.3 is 5.97 Å². The molecule has 0 heterocycles. The van der Waals surface area contributed by atoms with Crippen LogP contribution in [0.5, 0.6) is 0 Å². The van der Waals surface area contributed by atoms with E-state index < -0.39 is 12.1 Å². The molecule has 0 fully saturated rings. The zero-order valence-corrected chi connectivity index (χ0v) is 46.7. The highest BCUT2D eigenvalue weighted by atomic mass is 16.5. The van der Waals surface area contributed by atoms with E-state index in [0.717, 1.165) is 51.4 Å². The van der Waals surface area contributed by atoms with Crippen LogP contribution in [0.15, 0.2) is 48.6 Å². The summed E-state index contributed by atoms with van der Waals surface area (Å²) >= 11 is 0. The van der Waals surface area contributed by atoms with Crippen molar-refractivity contribution in [1.29, 1.82) is 0 Å². The Hall–Kier alpha value is -2.18. The van der Waals surface area contributed by atoms with Gasteiger partial charge in [0, 0.05) is 12.8 Å². The van der Waals surface area contributed by atoms with Crippen LogP contribution in [-0.2, 0) is 14.3 Å². The van der Waals surface area contributed by atoms with Gasteiger partial charge < -0.3 is 20.3 Å². The summed E-state index contributed by atoms with van der Waals surface area (Å²) in [5.74, 6) is -0.118. The van der Waals surface area contributed by atoms with Gasteiger partial charge in [-0.25, -0.2) is 0 Å². The van der Waals surface area contributed by atoms with Gasteiger partial charge in [0.1, 0.15) is 0 Å². The molecule has 2 atom stereocenters. The molecule has 1 amide bonds. The van der Waals surface area contributed by atoms with E-state index in [0.29, 0.717) is 19.4 Å². The summed E-state index contributed by atoms with van der Waals surface area (Å²) in [6, 6.07) is -0.633. The zero-order chi connectivity index (χ0) is 50.7. The molecule has 70 heavy (non-hydrogen) atoms. The number of esters is 1. The first-order chi connectivity index (χ1) is 34.5. The van der Waals surface area contributed by atoms with Gasteiger partial charge in [-0.1, -0.05) is 287 Å². The second-order valence-corrected chi connectivity index (χ2v) is 21.0. The second-order valence-electron chi connectivity index (χ2n) is 21.0. The Morgan fingerprint density at radius 2 is 0.729 bits per heavy atom. The second kappa shape index (κ2) is 59.4. The van der Waals surface area contributed by atoms with Gasteiger partial charge in [-0.3, -0.25) is 9.59 Å². The first kappa shape index (κ1) is 67.8. The number of aliphatic hydroxyl groups is 2. The van der Waals surface area contributed by atoms with Crippen LogP contribution in [0.3, 0.4) is 0 Å². The normalized spacial score (nSPS) is 12.9. The smallest absolute Gasteiger partial charge is 0.305 e. The van der Waals surface area contributed by atoms with Crippen molar-refractivity contribution in [2.24, 2.45) is 0 Å². The van der Waals surface area contributed by atoms with Crippen LogP contribution in [-0.4, -0.2) is 47.4 Å². The number of allylic oxidation sites excluding steroid dienone is 6. The molecule has 0 saturated carbocycles. The fraction of sp³-hybridized carbons (Fsp3) is 0.844. The monoisotopic (exact) mass is 982 g/mol. The SMILES string of the molecule is CCCC/C=C\CCCCCCCC(=O)OCC/C=C\C/C=C\CCCCCCCCCCCCCCCCC(=O)NC(CO)C(O)/C=C/CCCCCCCCCCCCCCCCCCCCC. The lowest BCUT2D eigenvalue weighted by atomic mass is 10.0. The molecule has 0 aromatic heterocycles. The zero-order valence-electron chi connectivity index (χ0n) is 46.7. The molecular weight excluding hydrogens is 863 g/mol. The molecular formula is C64H119NO5. The van der Waals surface area contributed by atoms with E-state index in [2.05, 4.69) is 55.6 Å². The average Bonchev–Trinajstić information content (AvgIpc) is 3.36. The molecule has 0 saturated heterocycles. The maximum Gasteiger partial charge on any atom is 0.305 e. The van der Waals surface area contributed by atoms with Crippen molar-refractivity contribution in [2.75, 3.05) is 13.2 Å². The van der Waals surface area contributed by atoms with E-state index >= 15 is 0 Å². The summed E-state index contributed by atoms with van der Waals surface area (Å²) in [5, 5.41) is 23.2. The Morgan fingerprint density at radius 1 is 0.400 bits per heavy atom. The summed E-state index contributed by atoms with van der Waals surface area (Å²) in [7, 11) is 0. The fourth-order valence-electron chi connectivity index (χ4n) is 9.34. The third-order valence-electron chi connectivity index (χ3n) is 14.1. The highest BCUT2D eigenvalue weighted by molar-refractivity contribution is 5.76. The van der Waals surface area contributed by atoms with Crippen molar-refractivity contribution in [3.8, 4) is 0 Å². The molecule has 0 aromatic carbocycles. The number of ether oxygens (including phenoxy) is 1. The summed E-state index contributed by atoms with van der Waals surface area (Å²) in [6.45, 7) is 4.77. The van der Waals surface area contributed by atoms with Crippen LogP contribution >= 0.6 is 0 Å². The van der Waals surface area contributed by atoms with Gasteiger partial charge in [0.25, 0.3) is 0 Å². The van der Waals surface area contributed by atoms with Crippen molar-refractivity contribution in [2.45, 2.75) is 334 Å². The van der Waals surface area contributed by atoms with E-state index in [4.69, 9.17) is 4.74 Å². The third-order valence-corrected chi connectivity index (χ3v) is 14.1. The Kier molecular flexibility index (Phi) is 57.5. The van der Waals surface area contributed by atoms with E-state index in [1.54, 1.807) is 6.08 Å². The van der Waals surface area contributed by atoms with Crippen LogP contribution in [0.25, 0.3) is 0 Å². The molecule has 3 N–H and O–H groups in total. The molecule has 6 heteroatoms. The summed E-state index contributed by atoms with van der Waals surface area (Å²) < 4.78 is 5.39. The lowest BCUT2D eigenvalue weighted by molar-refractivity contribution is -0.143. The summed E-state index contributed by atoms with van der Waals surface area (Å²) in [6.07, 6.45) is 75.9. The van der Waals surface area contributed by atoms with E-state index in [1.165, 1.54) is 244 Å². The van der Waals surface area contributed by atoms with Gasteiger partial charge in [0.2, 0.25) is 5.91 Å². The van der Waals surface area contributed by atoms with E-state index in [9.17, 15) is 19.8 Å². The van der Waals surface area contributed by atoms with Crippen molar-refractivity contribution in [3.05, 3.63) is 48.6 Å². The van der Waals surface area contributed by atoms with E-state index in [-0.39, 0.29) is 18.5 Å². The highest BCUT2D eigenvalue weighted by Crippen LogP contribution is 2.17. The maximum atomic E-state index is 12.5.